The van der Waals surface area contributed by atoms with E-state index in [1.807, 2.05) is 0 Å². The van der Waals surface area contributed by atoms with E-state index >= 15 is 0 Å². The number of sulfonamides is 1. The highest BCUT2D eigenvalue weighted by atomic mass is 35.5. The lowest BCUT2D eigenvalue weighted by atomic mass is 10.2. The van der Waals surface area contributed by atoms with Crippen LogP contribution in [0.15, 0.2) is 47.4 Å². The Bertz CT molecular complexity index is 898. The molecule has 1 aliphatic heterocycles. The molecule has 0 unspecified atom stereocenters. The summed E-state index contributed by atoms with van der Waals surface area (Å²) in [6.07, 6.45) is 0.104. The van der Waals surface area contributed by atoms with Gasteiger partial charge in [-0.2, -0.15) is 0 Å². The zero-order valence-corrected chi connectivity index (χ0v) is 15.5. The highest BCUT2D eigenvalue weighted by Crippen LogP contribution is 2.18. The van der Waals surface area contributed by atoms with Crippen molar-refractivity contribution in [1.82, 2.24) is 9.88 Å². The number of morpholine rings is 1. The fourth-order valence-corrected chi connectivity index (χ4v) is 3.85. The van der Waals surface area contributed by atoms with E-state index in [1.54, 1.807) is 29.2 Å². The Balaban J connectivity index is 1.71. The molecule has 2 heterocycles. The monoisotopic (exact) mass is 395 g/mol. The molecule has 2 aromatic rings. The molecule has 26 heavy (non-hydrogen) atoms. The lowest BCUT2D eigenvalue weighted by molar-refractivity contribution is -0.134. The molecule has 3 rings (SSSR count). The van der Waals surface area contributed by atoms with Gasteiger partial charge in [-0.1, -0.05) is 23.7 Å². The summed E-state index contributed by atoms with van der Waals surface area (Å²) < 4.78 is 32.5. The Kier molecular flexibility index (Phi) is 5.75. The Morgan fingerprint density at radius 2 is 1.92 bits per heavy atom. The summed E-state index contributed by atoms with van der Waals surface area (Å²) >= 11 is 5.85. The van der Waals surface area contributed by atoms with E-state index < -0.39 is 10.0 Å². The first-order valence-corrected chi connectivity index (χ1v) is 9.90. The van der Waals surface area contributed by atoms with Crippen molar-refractivity contribution in [3.63, 3.8) is 0 Å². The number of aromatic nitrogens is 1. The summed E-state index contributed by atoms with van der Waals surface area (Å²) in [5.74, 6) is 0.0906. The third-order valence-electron chi connectivity index (χ3n) is 3.85. The average molecular weight is 396 g/mol. The first kappa shape index (κ1) is 18.6. The molecule has 9 heteroatoms. The third kappa shape index (κ3) is 4.72. The number of pyridine rings is 1. The lowest BCUT2D eigenvalue weighted by Gasteiger charge is -2.26. The minimum Gasteiger partial charge on any atom is -0.378 e. The van der Waals surface area contributed by atoms with E-state index in [0.29, 0.717) is 37.0 Å². The third-order valence-corrected chi connectivity index (χ3v) is 5.44. The summed E-state index contributed by atoms with van der Waals surface area (Å²) in [4.78, 5) is 18.3. The van der Waals surface area contributed by atoms with Gasteiger partial charge < -0.3 is 9.64 Å². The minimum absolute atomic E-state index is 0.0431. The van der Waals surface area contributed by atoms with Crippen LogP contribution in [0.3, 0.4) is 0 Å². The lowest BCUT2D eigenvalue weighted by Crippen LogP contribution is -2.41. The van der Waals surface area contributed by atoms with Crippen molar-refractivity contribution in [2.45, 2.75) is 11.3 Å². The van der Waals surface area contributed by atoms with Gasteiger partial charge in [-0.25, -0.2) is 13.4 Å². The van der Waals surface area contributed by atoms with Crippen LogP contribution in [0.1, 0.15) is 5.69 Å². The molecule has 0 aliphatic carbocycles. The number of rotatable bonds is 5. The van der Waals surface area contributed by atoms with Crippen LogP contribution in [0.4, 0.5) is 5.82 Å². The number of hydrogen-bond acceptors (Lipinski definition) is 5. The Hall–Kier alpha value is -2.16. The first-order chi connectivity index (χ1) is 12.4. The van der Waals surface area contributed by atoms with Crippen LogP contribution >= 0.6 is 11.6 Å². The standard InChI is InChI=1S/C17H18ClN3O4S/c18-13-3-1-5-15(11-13)26(23,24)20-16-6-2-4-14(19-16)12-17(22)21-7-9-25-10-8-21/h1-6,11H,7-10,12H2,(H,19,20). The second-order valence-corrected chi connectivity index (χ2v) is 7.87. The second-order valence-electron chi connectivity index (χ2n) is 5.75. The molecule has 0 atom stereocenters. The zero-order chi connectivity index (χ0) is 18.6. The van der Waals surface area contributed by atoms with Gasteiger partial charge in [-0.3, -0.25) is 9.52 Å². The van der Waals surface area contributed by atoms with Crippen LogP contribution < -0.4 is 4.72 Å². The largest absolute Gasteiger partial charge is 0.378 e. The predicted octanol–water partition coefficient (Wildman–Crippen LogP) is 1.94. The summed E-state index contributed by atoms with van der Waals surface area (Å²) in [6, 6.07) is 10.8. The molecular weight excluding hydrogens is 378 g/mol. The first-order valence-electron chi connectivity index (χ1n) is 8.04. The van der Waals surface area contributed by atoms with Crippen LogP contribution in [0, 0.1) is 0 Å². The van der Waals surface area contributed by atoms with E-state index in [9.17, 15) is 13.2 Å². The minimum atomic E-state index is -3.81. The number of nitrogens with zero attached hydrogens (tertiary/aromatic N) is 2. The molecule has 1 aromatic carbocycles. The van der Waals surface area contributed by atoms with E-state index in [-0.39, 0.29) is 23.0 Å². The van der Waals surface area contributed by atoms with Crippen molar-refractivity contribution < 1.29 is 17.9 Å². The Labute approximate surface area is 157 Å². The molecule has 1 N–H and O–H groups in total. The number of nitrogens with one attached hydrogen (secondary N) is 1. The number of anilines is 1. The molecule has 1 fully saturated rings. The van der Waals surface area contributed by atoms with E-state index in [2.05, 4.69) is 9.71 Å². The van der Waals surface area contributed by atoms with Gasteiger partial charge >= 0.3 is 0 Å². The number of halogens is 1. The van der Waals surface area contributed by atoms with Gasteiger partial charge in [-0.05, 0) is 30.3 Å². The van der Waals surface area contributed by atoms with Crippen molar-refractivity contribution in [2.75, 3.05) is 31.0 Å². The maximum Gasteiger partial charge on any atom is 0.263 e. The number of carbonyl (C=O) groups is 1. The molecule has 1 saturated heterocycles. The summed E-state index contributed by atoms with van der Waals surface area (Å²) in [6.45, 7) is 2.16. The van der Waals surface area contributed by atoms with E-state index in [4.69, 9.17) is 16.3 Å². The maximum absolute atomic E-state index is 12.4. The van der Waals surface area contributed by atoms with Gasteiger partial charge in [0.05, 0.1) is 30.2 Å². The smallest absolute Gasteiger partial charge is 0.263 e. The van der Waals surface area contributed by atoms with Crippen LogP contribution in [0.2, 0.25) is 5.02 Å². The van der Waals surface area contributed by atoms with Crippen LogP contribution in [0.25, 0.3) is 0 Å². The van der Waals surface area contributed by atoms with Crippen molar-refractivity contribution in [1.29, 1.82) is 0 Å². The zero-order valence-electron chi connectivity index (χ0n) is 13.9. The number of ether oxygens (including phenoxy) is 1. The van der Waals surface area contributed by atoms with Crippen molar-refractivity contribution >= 4 is 33.3 Å². The molecule has 7 nitrogen and oxygen atoms in total. The fourth-order valence-electron chi connectivity index (χ4n) is 2.55. The highest BCUT2D eigenvalue weighted by molar-refractivity contribution is 7.92. The fraction of sp³-hybridized carbons (Fsp3) is 0.294. The Morgan fingerprint density at radius 1 is 1.19 bits per heavy atom. The van der Waals surface area contributed by atoms with Crippen LogP contribution in [-0.4, -0.2) is 50.5 Å². The molecule has 0 bridgehead atoms. The number of carbonyl (C=O) groups excluding carboxylic acids is 1. The van der Waals surface area contributed by atoms with Gasteiger partial charge in [0, 0.05) is 18.1 Å². The van der Waals surface area contributed by atoms with E-state index in [0.717, 1.165) is 0 Å². The quantitative estimate of drug-likeness (QED) is 0.835. The van der Waals surface area contributed by atoms with Crippen molar-refractivity contribution in [3.8, 4) is 0 Å². The van der Waals surface area contributed by atoms with Gasteiger partial charge in [0.2, 0.25) is 5.91 Å². The molecule has 138 valence electrons. The highest BCUT2D eigenvalue weighted by Gasteiger charge is 2.19. The van der Waals surface area contributed by atoms with Gasteiger partial charge in [-0.15, -0.1) is 0 Å². The van der Waals surface area contributed by atoms with Gasteiger partial charge in [0.1, 0.15) is 5.82 Å². The second kappa shape index (κ2) is 8.03. The van der Waals surface area contributed by atoms with E-state index in [1.165, 1.54) is 18.2 Å². The molecule has 0 radical (unpaired) electrons. The molecular formula is C17H18ClN3O4S. The molecule has 0 saturated carbocycles. The van der Waals surface area contributed by atoms with Gasteiger partial charge in [0.15, 0.2) is 0 Å². The summed E-state index contributed by atoms with van der Waals surface area (Å²) in [5.41, 5.74) is 0.493. The summed E-state index contributed by atoms with van der Waals surface area (Å²) in [7, 11) is -3.81. The topological polar surface area (TPSA) is 88.6 Å². The maximum atomic E-state index is 12.4. The van der Waals surface area contributed by atoms with Gasteiger partial charge in [0.25, 0.3) is 10.0 Å². The summed E-state index contributed by atoms with van der Waals surface area (Å²) in [5, 5.41) is 0.325. The Morgan fingerprint density at radius 3 is 2.65 bits per heavy atom. The molecule has 0 spiro atoms. The number of benzene rings is 1. The SMILES string of the molecule is O=C(Cc1cccc(NS(=O)(=O)c2cccc(Cl)c2)n1)N1CCOCC1. The predicted molar refractivity (Wildman–Crippen MR) is 97.6 cm³/mol. The molecule has 1 amide bonds. The van der Waals surface area contributed by atoms with Crippen molar-refractivity contribution in [2.24, 2.45) is 0 Å². The normalized spacial score (nSPS) is 14.9. The van der Waals surface area contributed by atoms with Crippen LogP contribution in [-0.2, 0) is 26.0 Å². The number of amides is 1. The van der Waals surface area contributed by atoms with Crippen molar-refractivity contribution in [3.05, 3.63) is 53.2 Å². The average Bonchev–Trinajstić information content (AvgIpc) is 2.62. The molecule has 1 aliphatic rings. The van der Waals surface area contributed by atoms with Crippen LogP contribution in [0.5, 0.6) is 0 Å². The number of hydrogen-bond donors (Lipinski definition) is 1. The molecule has 1 aromatic heterocycles.